The molecule has 0 saturated carbocycles. The van der Waals surface area contributed by atoms with Crippen LogP contribution in [0, 0.1) is 5.92 Å². The Morgan fingerprint density at radius 2 is 2.22 bits per heavy atom. The van der Waals surface area contributed by atoms with Crippen LogP contribution in [0.15, 0.2) is 22.6 Å². The number of furan rings is 1. The third kappa shape index (κ3) is 4.00. The lowest BCUT2D eigenvalue weighted by molar-refractivity contribution is -0.149. The maximum absolute atomic E-state index is 12.2. The molecule has 1 heterocycles. The number of carbonyl (C=O) groups excluding carboxylic acids is 1. The van der Waals surface area contributed by atoms with E-state index in [9.17, 15) is 4.79 Å². The minimum atomic E-state index is -0.119. The molecule has 0 aliphatic heterocycles. The average molecular weight is 358 g/mol. The van der Waals surface area contributed by atoms with Crippen molar-refractivity contribution < 1.29 is 13.9 Å². The molecule has 0 saturated heterocycles. The average Bonchev–Trinajstić information content (AvgIpc) is 2.82. The highest BCUT2D eigenvalue weighted by Gasteiger charge is 2.29. The number of likely N-dealkylation sites (N-methyl/N-ethyl adjacent to an activating group) is 1. The molecule has 4 nitrogen and oxygen atoms in total. The summed E-state index contributed by atoms with van der Waals surface area (Å²) < 4.78 is 11.3. The van der Waals surface area contributed by atoms with E-state index < -0.39 is 0 Å². The van der Waals surface area contributed by atoms with Crippen LogP contribution < -0.4 is 0 Å². The zero-order chi connectivity index (χ0) is 15.7. The van der Waals surface area contributed by atoms with Gasteiger partial charge in [0.25, 0.3) is 0 Å². The molecule has 6 heteroatoms. The fourth-order valence-electron chi connectivity index (χ4n) is 2.91. The van der Waals surface area contributed by atoms with Crippen LogP contribution >= 0.6 is 24.0 Å². The zero-order valence-electron chi connectivity index (χ0n) is 13.3. The Bertz CT molecular complexity index is 696. The number of fused-ring (bicyclic) bond motifs is 3. The Hall–Kier alpha value is -1.23. The van der Waals surface area contributed by atoms with Crippen LogP contribution in [0.2, 0.25) is 5.02 Å². The monoisotopic (exact) mass is 357 g/mol. The Balaban J connectivity index is 0.00000192. The lowest BCUT2D eigenvalue weighted by Crippen LogP contribution is -2.27. The van der Waals surface area contributed by atoms with Crippen molar-refractivity contribution in [3.63, 3.8) is 0 Å². The van der Waals surface area contributed by atoms with Crippen LogP contribution in [-0.2, 0) is 22.4 Å². The highest BCUT2D eigenvalue weighted by Crippen LogP contribution is 2.35. The molecule has 1 aliphatic carbocycles. The maximum Gasteiger partial charge on any atom is 0.309 e. The van der Waals surface area contributed by atoms with Gasteiger partial charge in [0.15, 0.2) is 0 Å². The second kappa shape index (κ2) is 7.56. The minimum absolute atomic E-state index is 0. The van der Waals surface area contributed by atoms with Gasteiger partial charge in [-0.3, -0.25) is 4.79 Å². The van der Waals surface area contributed by atoms with Crippen molar-refractivity contribution in [2.75, 3.05) is 27.2 Å². The van der Waals surface area contributed by atoms with Gasteiger partial charge in [0.2, 0.25) is 0 Å². The number of nitrogens with zero attached hydrogens (tertiary/aromatic N) is 1. The van der Waals surface area contributed by atoms with E-state index >= 15 is 0 Å². The SMILES string of the molecule is CN(C)CCOC(=O)C1CCc2c(oc3cc(Cl)ccc23)C1.Cl. The van der Waals surface area contributed by atoms with Gasteiger partial charge in [-0.2, -0.15) is 0 Å². The summed E-state index contributed by atoms with van der Waals surface area (Å²) in [6, 6.07) is 5.71. The molecule has 0 radical (unpaired) electrons. The Labute approximate surface area is 147 Å². The molecule has 1 atom stereocenters. The number of carbonyl (C=O) groups is 1. The number of esters is 1. The van der Waals surface area contributed by atoms with Gasteiger partial charge in [0.05, 0.1) is 5.92 Å². The number of rotatable bonds is 4. The van der Waals surface area contributed by atoms with Crippen LogP contribution in [0.25, 0.3) is 11.0 Å². The predicted octanol–water partition coefficient (Wildman–Crippen LogP) is 3.72. The molecule has 1 unspecified atom stereocenters. The number of hydrogen-bond acceptors (Lipinski definition) is 4. The predicted molar refractivity (Wildman–Crippen MR) is 93.5 cm³/mol. The van der Waals surface area contributed by atoms with Gasteiger partial charge in [-0.05, 0) is 39.1 Å². The molecule has 23 heavy (non-hydrogen) atoms. The van der Waals surface area contributed by atoms with Gasteiger partial charge in [-0.25, -0.2) is 0 Å². The maximum atomic E-state index is 12.2. The van der Waals surface area contributed by atoms with E-state index in [0.717, 1.165) is 36.1 Å². The molecule has 1 aliphatic rings. The second-order valence-electron chi connectivity index (χ2n) is 6.05. The normalized spacial score (nSPS) is 17.0. The molecule has 2 aromatic rings. The summed E-state index contributed by atoms with van der Waals surface area (Å²) in [5, 5.41) is 1.78. The summed E-state index contributed by atoms with van der Waals surface area (Å²) in [6.07, 6.45) is 2.27. The lowest BCUT2D eigenvalue weighted by Gasteiger charge is -2.20. The first kappa shape index (κ1) is 18.1. The van der Waals surface area contributed by atoms with Gasteiger partial charge >= 0.3 is 5.97 Å². The molecule has 1 aromatic carbocycles. The smallest absolute Gasteiger partial charge is 0.309 e. The number of hydrogen-bond donors (Lipinski definition) is 0. The summed E-state index contributed by atoms with van der Waals surface area (Å²) in [7, 11) is 3.92. The summed E-state index contributed by atoms with van der Waals surface area (Å²) in [6.45, 7) is 1.18. The molecule has 1 aromatic heterocycles. The molecule has 0 fully saturated rings. The van der Waals surface area contributed by atoms with E-state index in [4.69, 9.17) is 20.8 Å². The van der Waals surface area contributed by atoms with Crippen LogP contribution in [0.3, 0.4) is 0 Å². The van der Waals surface area contributed by atoms with Crippen molar-refractivity contribution in [1.29, 1.82) is 0 Å². The number of aryl methyl sites for hydroxylation is 1. The summed E-state index contributed by atoms with van der Waals surface area (Å²) in [4.78, 5) is 14.2. The zero-order valence-corrected chi connectivity index (χ0v) is 14.9. The van der Waals surface area contributed by atoms with Crippen LogP contribution in [0.1, 0.15) is 17.7 Å². The quantitative estimate of drug-likeness (QED) is 0.782. The molecular weight excluding hydrogens is 337 g/mol. The van der Waals surface area contributed by atoms with Crippen molar-refractivity contribution in [3.8, 4) is 0 Å². The third-order valence-electron chi connectivity index (χ3n) is 4.13. The summed E-state index contributed by atoms with van der Waals surface area (Å²) in [5.74, 6) is 0.676. The first-order valence-corrected chi connectivity index (χ1v) is 7.93. The molecule has 0 amide bonds. The van der Waals surface area contributed by atoms with Gasteiger partial charge in [0, 0.05) is 35.0 Å². The summed E-state index contributed by atoms with van der Waals surface area (Å²) >= 11 is 6.01. The van der Waals surface area contributed by atoms with Crippen molar-refractivity contribution >= 4 is 40.9 Å². The number of ether oxygens (including phenoxy) is 1. The summed E-state index contributed by atoms with van der Waals surface area (Å²) in [5.41, 5.74) is 2.02. The van der Waals surface area contributed by atoms with Gasteiger partial charge < -0.3 is 14.1 Å². The fourth-order valence-corrected chi connectivity index (χ4v) is 3.07. The molecule has 0 bridgehead atoms. The van der Waals surface area contributed by atoms with Crippen LogP contribution in [0.5, 0.6) is 0 Å². The van der Waals surface area contributed by atoms with Gasteiger partial charge in [0.1, 0.15) is 18.0 Å². The molecule has 3 rings (SSSR count). The van der Waals surface area contributed by atoms with Crippen molar-refractivity contribution in [3.05, 3.63) is 34.5 Å². The van der Waals surface area contributed by atoms with Crippen LogP contribution in [0.4, 0.5) is 0 Å². The number of benzene rings is 1. The van der Waals surface area contributed by atoms with Crippen LogP contribution in [-0.4, -0.2) is 38.1 Å². The highest BCUT2D eigenvalue weighted by atomic mass is 35.5. The van der Waals surface area contributed by atoms with E-state index in [1.54, 1.807) is 0 Å². The van der Waals surface area contributed by atoms with E-state index in [2.05, 4.69) is 0 Å². The Kier molecular flexibility index (Phi) is 5.95. The Morgan fingerprint density at radius 3 is 2.96 bits per heavy atom. The first-order chi connectivity index (χ1) is 10.5. The van der Waals surface area contributed by atoms with Crippen molar-refractivity contribution in [2.24, 2.45) is 5.92 Å². The topological polar surface area (TPSA) is 42.7 Å². The van der Waals surface area contributed by atoms with Gasteiger partial charge in [-0.1, -0.05) is 11.6 Å². The molecule has 0 N–H and O–H groups in total. The van der Waals surface area contributed by atoms with Crippen molar-refractivity contribution in [1.82, 2.24) is 4.90 Å². The highest BCUT2D eigenvalue weighted by molar-refractivity contribution is 6.31. The standard InChI is InChI=1S/C17H20ClNO3.ClH/c1-19(2)7-8-21-17(20)11-3-5-13-14-6-4-12(18)10-16(14)22-15(13)9-11;/h4,6,10-11H,3,5,7-9H2,1-2H3;1H. The van der Waals surface area contributed by atoms with E-state index in [-0.39, 0.29) is 24.3 Å². The van der Waals surface area contributed by atoms with E-state index in [1.807, 2.05) is 37.2 Å². The fraction of sp³-hybridized carbons (Fsp3) is 0.471. The number of halogens is 2. The molecule has 0 spiro atoms. The van der Waals surface area contributed by atoms with E-state index in [1.165, 1.54) is 5.56 Å². The van der Waals surface area contributed by atoms with Crippen molar-refractivity contribution in [2.45, 2.75) is 19.3 Å². The van der Waals surface area contributed by atoms with Gasteiger partial charge in [-0.15, -0.1) is 12.4 Å². The lowest BCUT2D eigenvalue weighted by atomic mass is 9.87. The third-order valence-corrected chi connectivity index (χ3v) is 4.36. The molecular formula is C17H21Cl2NO3. The molecule has 126 valence electrons. The second-order valence-corrected chi connectivity index (χ2v) is 6.49. The minimum Gasteiger partial charge on any atom is -0.464 e. The Morgan fingerprint density at radius 1 is 1.43 bits per heavy atom. The largest absolute Gasteiger partial charge is 0.464 e. The first-order valence-electron chi connectivity index (χ1n) is 7.56. The van der Waals surface area contributed by atoms with E-state index in [0.29, 0.717) is 18.1 Å².